The first-order chi connectivity index (χ1) is 7.15. The van der Waals surface area contributed by atoms with Crippen LogP contribution in [0, 0.1) is 17.8 Å². The Hall–Kier alpha value is -0.300. The molecule has 1 saturated carbocycles. The molecule has 2 N–H and O–H groups in total. The van der Waals surface area contributed by atoms with E-state index in [-0.39, 0.29) is 0 Å². The smallest absolute Gasteiger partial charge is 0.00765 e. The minimum absolute atomic E-state index is 0.437. The molecule has 1 fully saturated rings. The van der Waals surface area contributed by atoms with E-state index in [9.17, 15) is 0 Å². The summed E-state index contributed by atoms with van der Waals surface area (Å²) in [5.74, 6) is 2.74. The first kappa shape index (κ1) is 11.2. The Labute approximate surface area is 94.1 Å². The number of allylic oxidation sites excluding steroid dienone is 1. The number of nitrogens with two attached hydrogens (primary N) is 1. The fourth-order valence-electron chi connectivity index (χ4n) is 3.50. The third-order valence-corrected chi connectivity index (χ3v) is 4.19. The van der Waals surface area contributed by atoms with Gasteiger partial charge in [-0.05, 0) is 56.3 Å². The summed E-state index contributed by atoms with van der Waals surface area (Å²) in [4.78, 5) is 0. The lowest BCUT2D eigenvalue weighted by atomic mass is 9.71. The molecule has 2 aliphatic rings. The molecule has 0 aliphatic heterocycles. The second-order valence-corrected chi connectivity index (χ2v) is 5.93. The molecule has 2 aliphatic carbocycles. The van der Waals surface area contributed by atoms with Crippen molar-refractivity contribution in [3.05, 3.63) is 11.6 Å². The van der Waals surface area contributed by atoms with E-state index in [2.05, 4.69) is 19.9 Å². The zero-order chi connectivity index (χ0) is 10.8. The van der Waals surface area contributed by atoms with Gasteiger partial charge in [-0.2, -0.15) is 0 Å². The van der Waals surface area contributed by atoms with Gasteiger partial charge in [-0.25, -0.2) is 0 Å². The van der Waals surface area contributed by atoms with Crippen LogP contribution in [0.15, 0.2) is 11.6 Å². The molecule has 0 saturated heterocycles. The van der Waals surface area contributed by atoms with Crippen molar-refractivity contribution >= 4 is 0 Å². The Balaban J connectivity index is 1.98. The highest BCUT2D eigenvalue weighted by Gasteiger charge is 2.27. The van der Waals surface area contributed by atoms with Crippen LogP contribution in [0.25, 0.3) is 0 Å². The van der Waals surface area contributed by atoms with Crippen LogP contribution in [0.4, 0.5) is 0 Å². The molecular formula is C14H25N. The van der Waals surface area contributed by atoms with Gasteiger partial charge in [0.2, 0.25) is 0 Å². The molecule has 15 heavy (non-hydrogen) atoms. The molecular weight excluding hydrogens is 182 g/mol. The van der Waals surface area contributed by atoms with Gasteiger partial charge in [-0.15, -0.1) is 0 Å². The third-order valence-electron chi connectivity index (χ3n) is 4.19. The van der Waals surface area contributed by atoms with Gasteiger partial charge in [-0.3, -0.25) is 0 Å². The summed E-state index contributed by atoms with van der Waals surface area (Å²) < 4.78 is 0. The molecule has 0 aromatic heterocycles. The summed E-state index contributed by atoms with van der Waals surface area (Å²) in [6.45, 7) is 4.83. The second kappa shape index (κ2) is 4.69. The maximum atomic E-state index is 5.94. The summed E-state index contributed by atoms with van der Waals surface area (Å²) in [7, 11) is 0. The molecule has 2 rings (SSSR count). The fraction of sp³-hybridized carbons (Fsp3) is 0.857. The number of hydrogen-bond acceptors (Lipinski definition) is 1. The molecule has 0 aromatic carbocycles. The lowest BCUT2D eigenvalue weighted by Gasteiger charge is -2.34. The minimum atomic E-state index is 0.437. The Morgan fingerprint density at radius 1 is 1.13 bits per heavy atom. The number of hydrogen-bond donors (Lipinski definition) is 1. The van der Waals surface area contributed by atoms with Gasteiger partial charge in [0.15, 0.2) is 0 Å². The zero-order valence-corrected chi connectivity index (χ0v) is 10.2. The highest BCUT2D eigenvalue weighted by atomic mass is 14.6. The quantitative estimate of drug-likeness (QED) is 0.654. The van der Waals surface area contributed by atoms with Gasteiger partial charge in [0.05, 0.1) is 0 Å². The van der Waals surface area contributed by atoms with E-state index < -0.39 is 0 Å². The molecule has 86 valence electrons. The SMILES string of the molecule is CC1CC(C)CC(C2=CCC(N)CC2)C1. The monoisotopic (exact) mass is 207 g/mol. The van der Waals surface area contributed by atoms with Gasteiger partial charge >= 0.3 is 0 Å². The zero-order valence-electron chi connectivity index (χ0n) is 10.2. The van der Waals surface area contributed by atoms with E-state index in [4.69, 9.17) is 5.73 Å². The highest BCUT2D eigenvalue weighted by Crippen LogP contribution is 2.39. The summed E-state index contributed by atoms with van der Waals surface area (Å²) in [6.07, 6.45) is 10.3. The standard InChI is InChI=1S/C14H25N/c1-10-7-11(2)9-13(8-10)12-3-5-14(15)6-4-12/h3,10-11,13-14H,4-9,15H2,1-2H3. The largest absolute Gasteiger partial charge is 0.327 e. The Kier molecular flexibility index (Phi) is 3.50. The van der Waals surface area contributed by atoms with E-state index in [1.807, 2.05) is 0 Å². The first-order valence-corrected chi connectivity index (χ1v) is 6.59. The highest BCUT2D eigenvalue weighted by molar-refractivity contribution is 5.12. The summed E-state index contributed by atoms with van der Waals surface area (Å²) in [5.41, 5.74) is 7.67. The third kappa shape index (κ3) is 2.84. The van der Waals surface area contributed by atoms with Gasteiger partial charge in [0.1, 0.15) is 0 Å². The molecule has 1 heteroatoms. The van der Waals surface area contributed by atoms with Crippen LogP contribution in [0.3, 0.4) is 0 Å². The molecule has 3 atom stereocenters. The van der Waals surface area contributed by atoms with Crippen LogP contribution in [0.1, 0.15) is 52.4 Å². The Morgan fingerprint density at radius 2 is 1.80 bits per heavy atom. The van der Waals surface area contributed by atoms with Crippen LogP contribution in [-0.2, 0) is 0 Å². The molecule has 0 aromatic rings. The molecule has 0 heterocycles. The van der Waals surface area contributed by atoms with Gasteiger partial charge < -0.3 is 5.73 Å². The van der Waals surface area contributed by atoms with Crippen molar-refractivity contribution in [1.82, 2.24) is 0 Å². The van der Waals surface area contributed by atoms with Crippen molar-refractivity contribution in [1.29, 1.82) is 0 Å². The minimum Gasteiger partial charge on any atom is -0.327 e. The van der Waals surface area contributed by atoms with Gasteiger partial charge in [0.25, 0.3) is 0 Å². The lowest BCUT2D eigenvalue weighted by molar-refractivity contribution is 0.238. The van der Waals surface area contributed by atoms with Crippen molar-refractivity contribution in [3.63, 3.8) is 0 Å². The Morgan fingerprint density at radius 3 is 2.33 bits per heavy atom. The van der Waals surface area contributed by atoms with Crippen molar-refractivity contribution in [3.8, 4) is 0 Å². The van der Waals surface area contributed by atoms with E-state index >= 15 is 0 Å². The normalized spacial score (nSPS) is 42.5. The van der Waals surface area contributed by atoms with Crippen molar-refractivity contribution in [2.75, 3.05) is 0 Å². The Bertz CT molecular complexity index is 234. The molecule has 0 radical (unpaired) electrons. The molecule has 0 amide bonds. The molecule has 3 unspecified atom stereocenters. The average Bonchev–Trinajstić information content (AvgIpc) is 2.17. The van der Waals surface area contributed by atoms with Crippen LogP contribution in [-0.4, -0.2) is 6.04 Å². The first-order valence-electron chi connectivity index (χ1n) is 6.59. The van der Waals surface area contributed by atoms with Crippen LogP contribution in [0.2, 0.25) is 0 Å². The average molecular weight is 207 g/mol. The van der Waals surface area contributed by atoms with Crippen molar-refractivity contribution in [2.45, 2.75) is 58.4 Å². The predicted octanol–water partition coefficient (Wildman–Crippen LogP) is 3.50. The number of rotatable bonds is 1. The molecule has 0 bridgehead atoms. The maximum absolute atomic E-state index is 5.94. The summed E-state index contributed by atoms with van der Waals surface area (Å²) in [6, 6.07) is 0.437. The maximum Gasteiger partial charge on any atom is 0.00765 e. The van der Waals surface area contributed by atoms with E-state index in [0.29, 0.717) is 6.04 Å². The summed E-state index contributed by atoms with van der Waals surface area (Å²) >= 11 is 0. The molecule has 0 spiro atoms. The van der Waals surface area contributed by atoms with Crippen LogP contribution >= 0.6 is 0 Å². The van der Waals surface area contributed by atoms with Crippen LogP contribution < -0.4 is 5.73 Å². The van der Waals surface area contributed by atoms with Crippen molar-refractivity contribution < 1.29 is 0 Å². The summed E-state index contributed by atoms with van der Waals surface area (Å²) in [5, 5.41) is 0. The van der Waals surface area contributed by atoms with Gasteiger partial charge in [0, 0.05) is 6.04 Å². The predicted molar refractivity (Wildman–Crippen MR) is 65.6 cm³/mol. The van der Waals surface area contributed by atoms with Gasteiger partial charge in [-0.1, -0.05) is 25.5 Å². The molecule has 1 nitrogen and oxygen atoms in total. The topological polar surface area (TPSA) is 26.0 Å². The van der Waals surface area contributed by atoms with E-state index in [1.54, 1.807) is 5.57 Å². The lowest BCUT2D eigenvalue weighted by Crippen LogP contribution is -2.26. The van der Waals surface area contributed by atoms with E-state index in [0.717, 1.165) is 24.2 Å². The van der Waals surface area contributed by atoms with Crippen LogP contribution in [0.5, 0.6) is 0 Å². The fourth-order valence-corrected chi connectivity index (χ4v) is 3.50. The van der Waals surface area contributed by atoms with Crippen molar-refractivity contribution in [2.24, 2.45) is 23.5 Å². The van der Waals surface area contributed by atoms with E-state index in [1.165, 1.54) is 32.1 Å². The second-order valence-electron chi connectivity index (χ2n) is 5.93.